The Hall–Kier alpha value is -6.80. The van der Waals surface area contributed by atoms with Gasteiger partial charge in [-0.15, -0.1) is 0 Å². The van der Waals surface area contributed by atoms with Gasteiger partial charge >= 0.3 is 11.9 Å². The van der Waals surface area contributed by atoms with E-state index >= 15 is 0 Å². The van der Waals surface area contributed by atoms with Crippen molar-refractivity contribution in [3.05, 3.63) is 0 Å². The van der Waals surface area contributed by atoms with Crippen LogP contribution in [0.2, 0.25) is 0 Å². The number of likely N-dealkylation sites (tertiary alicyclic amines) is 1. The van der Waals surface area contributed by atoms with E-state index in [0.29, 0.717) is 19.4 Å². The summed E-state index contributed by atoms with van der Waals surface area (Å²) in [6.07, 6.45) is 0.579. The predicted octanol–water partition coefficient (Wildman–Crippen LogP) is -6.65. The number of hydrogen-bond acceptors (Lipinski definition) is 13. The first kappa shape index (κ1) is 53.2. The van der Waals surface area contributed by atoms with Crippen LogP contribution >= 0.6 is 0 Å². The van der Waals surface area contributed by atoms with Gasteiger partial charge in [0, 0.05) is 19.6 Å². The van der Waals surface area contributed by atoms with Crippen molar-refractivity contribution in [3.8, 4) is 0 Å². The van der Waals surface area contributed by atoms with Crippen molar-refractivity contribution >= 4 is 71.1 Å². The number of guanidine groups is 2. The van der Waals surface area contributed by atoms with Crippen LogP contribution < -0.4 is 65.1 Å². The van der Waals surface area contributed by atoms with Crippen LogP contribution in [0.25, 0.3) is 0 Å². The normalized spacial score (nSPS) is 15.6. The van der Waals surface area contributed by atoms with E-state index in [2.05, 4.69) is 42.5 Å². The molecule has 0 aromatic rings. The molecule has 0 radical (unpaired) electrons. The van der Waals surface area contributed by atoms with Crippen LogP contribution in [0.15, 0.2) is 0 Å². The molecule has 1 saturated heterocycles. The van der Waals surface area contributed by atoms with E-state index in [1.807, 2.05) is 5.32 Å². The van der Waals surface area contributed by atoms with Crippen LogP contribution in [-0.4, -0.2) is 162 Å². The second kappa shape index (κ2) is 27.1. The lowest BCUT2D eigenvalue weighted by Gasteiger charge is -2.28. The molecule has 1 aliphatic rings. The molecule has 6 atom stereocenters. The highest BCUT2D eigenvalue weighted by atomic mass is 16.4. The van der Waals surface area contributed by atoms with Crippen LogP contribution in [0, 0.1) is 16.7 Å². The zero-order valence-corrected chi connectivity index (χ0v) is 34.9. The summed E-state index contributed by atoms with van der Waals surface area (Å²) in [6.45, 7) is 2.99. The maximum absolute atomic E-state index is 13.5. The van der Waals surface area contributed by atoms with Gasteiger partial charge in [-0.3, -0.25) is 58.8 Å². The maximum atomic E-state index is 13.5. The van der Waals surface area contributed by atoms with Gasteiger partial charge in [0.25, 0.3) is 0 Å². The van der Waals surface area contributed by atoms with Crippen LogP contribution in [-0.2, 0) is 47.9 Å². The van der Waals surface area contributed by atoms with Crippen molar-refractivity contribution in [1.82, 2.24) is 52.8 Å². The van der Waals surface area contributed by atoms with E-state index in [0.717, 1.165) is 0 Å². The Morgan fingerprint density at radius 1 is 0.661 bits per heavy atom. The fourth-order valence-corrected chi connectivity index (χ4v) is 5.90. The number of nitrogens with two attached hydrogens (primary N) is 3. The molecule has 62 heavy (non-hydrogen) atoms. The Balaban J connectivity index is 2.91. The maximum Gasteiger partial charge on any atom is 0.322 e. The van der Waals surface area contributed by atoms with Gasteiger partial charge in [-0.05, 0) is 51.4 Å². The molecule has 0 saturated carbocycles. The quantitative estimate of drug-likeness (QED) is 0.0207. The number of amides is 8. The molecule has 1 heterocycles. The number of carboxylic acids is 2. The fourth-order valence-electron chi connectivity index (χ4n) is 5.90. The first-order valence-electron chi connectivity index (χ1n) is 19.7. The summed E-state index contributed by atoms with van der Waals surface area (Å²) in [5.41, 5.74) is 16.6. The Morgan fingerprint density at radius 3 is 1.81 bits per heavy atom. The second-order valence-corrected chi connectivity index (χ2v) is 14.6. The molecule has 8 amide bonds. The molecule has 1 rings (SSSR count). The summed E-state index contributed by atoms with van der Waals surface area (Å²) in [5.74, 6) is -10.5. The largest absolute Gasteiger partial charge is 0.481 e. The number of hydrogen-bond donors (Lipinski definition) is 16. The summed E-state index contributed by atoms with van der Waals surface area (Å²) in [7, 11) is 0. The topological polar surface area (TPSA) is 448 Å². The summed E-state index contributed by atoms with van der Waals surface area (Å²) in [6, 6.07) is -7.47. The van der Waals surface area contributed by atoms with E-state index in [-0.39, 0.29) is 50.7 Å². The van der Waals surface area contributed by atoms with E-state index in [9.17, 15) is 53.1 Å². The highest BCUT2D eigenvalue weighted by Crippen LogP contribution is 2.19. The van der Waals surface area contributed by atoms with Crippen LogP contribution in [0.1, 0.15) is 65.7 Å². The van der Waals surface area contributed by atoms with Gasteiger partial charge < -0.3 is 80.2 Å². The molecule has 1 aliphatic heterocycles. The fraction of sp³-hybridized carbons (Fsp3) is 0.657. The van der Waals surface area contributed by atoms with E-state index < -0.39 is 127 Å². The zero-order valence-electron chi connectivity index (χ0n) is 34.9. The molecule has 0 aromatic heterocycles. The van der Waals surface area contributed by atoms with Crippen molar-refractivity contribution in [2.45, 2.75) is 102 Å². The lowest BCUT2D eigenvalue weighted by Crippen LogP contribution is -2.58. The molecule has 348 valence electrons. The second-order valence-electron chi connectivity index (χ2n) is 14.6. The lowest BCUT2D eigenvalue weighted by molar-refractivity contribution is -0.142. The van der Waals surface area contributed by atoms with Gasteiger partial charge in [0.15, 0.2) is 11.9 Å². The Bertz CT molecular complexity index is 1660. The minimum absolute atomic E-state index is 0.0640. The standard InChI is InChI=1S/C35H61N15O12/c1-17(2)27(32(61)45-14-23(51)43-16-26(55)56)49-30(59)21(13-25(53)54)47-24(52)15-44-31(60)22-9-6-12-50(22)33(62)18(3)46-29(58)20(8-5-11-42-35(39)40)48-28(57)19(36)7-4-10-41-34(37)38/h17-22,27H,4-16,36H2,1-3H3,(H,43,51)(H,44,60)(H,45,61)(H,46,58)(H,47,52)(H,48,57)(H,49,59)(H,53,54)(H,55,56)(H4,37,38,41)(H4,39,40,42)/t18-,19-,20-,21-,22-,27-/m0/s1. The summed E-state index contributed by atoms with van der Waals surface area (Å²) < 4.78 is 0. The molecule has 1 fully saturated rings. The molecular weight excluding hydrogens is 822 g/mol. The van der Waals surface area contributed by atoms with Gasteiger partial charge in [0.2, 0.25) is 47.3 Å². The van der Waals surface area contributed by atoms with Crippen LogP contribution in [0.5, 0.6) is 0 Å². The van der Waals surface area contributed by atoms with Crippen molar-refractivity contribution in [1.29, 1.82) is 10.8 Å². The molecule has 27 heteroatoms. The third kappa shape index (κ3) is 20.4. The molecule has 0 unspecified atom stereocenters. The first-order valence-corrected chi connectivity index (χ1v) is 19.7. The lowest BCUT2D eigenvalue weighted by atomic mass is 10.0. The molecule has 0 bridgehead atoms. The third-order valence-corrected chi connectivity index (χ3v) is 9.09. The molecule has 0 aromatic carbocycles. The third-order valence-electron chi connectivity index (χ3n) is 9.09. The molecule has 19 N–H and O–H groups in total. The van der Waals surface area contributed by atoms with Gasteiger partial charge in [-0.1, -0.05) is 13.8 Å². The number of carboxylic acid groups (broad SMARTS) is 2. The monoisotopic (exact) mass is 883 g/mol. The van der Waals surface area contributed by atoms with Gasteiger partial charge in [-0.25, -0.2) is 0 Å². The number of carbonyl (C=O) groups excluding carboxylic acids is 8. The first-order chi connectivity index (χ1) is 29.0. The Morgan fingerprint density at radius 2 is 1.24 bits per heavy atom. The van der Waals surface area contributed by atoms with E-state index in [1.54, 1.807) is 0 Å². The summed E-state index contributed by atoms with van der Waals surface area (Å²) in [5, 5.41) is 54.1. The van der Waals surface area contributed by atoms with E-state index in [4.69, 9.17) is 33.1 Å². The highest BCUT2D eigenvalue weighted by Gasteiger charge is 2.38. The summed E-state index contributed by atoms with van der Waals surface area (Å²) in [4.78, 5) is 127. The van der Waals surface area contributed by atoms with Gasteiger partial charge in [0.05, 0.1) is 25.6 Å². The minimum Gasteiger partial charge on any atom is -0.481 e. The predicted molar refractivity (Wildman–Crippen MR) is 218 cm³/mol. The van der Waals surface area contributed by atoms with Crippen molar-refractivity contribution in [2.24, 2.45) is 23.1 Å². The molecule has 0 spiro atoms. The molecular formula is C35H61N15O12. The zero-order chi connectivity index (χ0) is 47.1. The van der Waals surface area contributed by atoms with Gasteiger partial charge in [0.1, 0.15) is 36.8 Å². The van der Waals surface area contributed by atoms with Crippen LogP contribution in [0.4, 0.5) is 0 Å². The smallest absolute Gasteiger partial charge is 0.322 e. The van der Waals surface area contributed by atoms with Crippen molar-refractivity contribution in [2.75, 3.05) is 39.3 Å². The highest BCUT2D eigenvalue weighted by molar-refractivity contribution is 5.97. The Kier molecular flexibility index (Phi) is 23.3. The van der Waals surface area contributed by atoms with E-state index in [1.165, 1.54) is 25.7 Å². The number of aliphatic carboxylic acids is 2. The average molecular weight is 884 g/mol. The number of carbonyl (C=O) groups is 10. The molecule has 27 nitrogen and oxygen atoms in total. The van der Waals surface area contributed by atoms with Gasteiger partial charge in [-0.2, -0.15) is 0 Å². The number of nitrogens with one attached hydrogen (secondary N) is 11. The minimum atomic E-state index is -1.72. The average Bonchev–Trinajstić information content (AvgIpc) is 3.69. The SMILES string of the molecule is CC(C)[C@H](NC(=O)[C@H](CC(=O)O)NC(=O)CNC(=O)[C@@H]1CCCN1C(=O)[C@H](C)NC(=O)[C@H](CCCNC(=N)N)NC(=O)[C@@H](N)CCCNC(=N)N)C(=O)NCC(=O)NCC(=O)O. The van der Waals surface area contributed by atoms with Crippen LogP contribution in [0.3, 0.4) is 0 Å². The molecule has 0 aliphatic carbocycles. The summed E-state index contributed by atoms with van der Waals surface area (Å²) >= 11 is 0. The van der Waals surface area contributed by atoms with Crippen molar-refractivity contribution in [3.63, 3.8) is 0 Å². The van der Waals surface area contributed by atoms with Crippen molar-refractivity contribution < 1.29 is 58.2 Å². The Labute approximate surface area is 356 Å². The number of rotatable bonds is 27. The number of nitrogens with zero attached hydrogens (tertiary/aromatic N) is 1.